The van der Waals surface area contributed by atoms with Crippen LogP contribution in [0.2, 0.25) is 0 Å². The first kappa shape index (κ1) is 32.1. The number of aliphatic hydroxyl groups excluding tert-OH is 1. The molecule has 47 heavy (non-hydrogen) atoms. The summed E-state index contributed by atoms with van der Waals surface area (Å²) < 4.78 is 15.4. The Balaban J connectivity index is 1.19. The van der Waals surface area contributed by atoms with Crippen molar-refractivity contribution in [2.45, 2.75) is 63.9 Å². The van der Waals surface area contributed by atoms with Gasteiger partial charge in [0.05, 0.1) is 42.7 Å². The number of nitrogens with zero attached hydrogens (tertiary/aromatic N) is 2. The number of carbonyl (C=O) groups is 2. The van der Waals surface area contributed by atoms with E-state index in [1.54, 1.807) is 5.48 Å². The molecule has 0 radical (unpaired) electrons. The van der Waals surface area contributed by atoms with Crippen molar-refractivity contribution in [1.29, 1.82) is 0 Å². The molecule has 4 N–H and O–H groups in total. The van der Waals surface area contributed by atoms with Gasteiger partial charge in [0.15, 0.2) is 6.29 Å². The zero-order valence-corrected chi connectivity index (χ0v) is 25.9. The molecule has 0 spiro atoms. The van der Waals surface area contributed by atoms with Crippen LogP contribution < -0.4 is 10.8 Å². The highest BCUT2D eigenvalue weighted by Gasteiger charge is 2.33. The first-order valence-electron chi connectivity index (χ1n) is 15.8. The molecule has 4 aromatic carbocycles. The average molecular weight is 635 g/mol. The van der Waals surface area contributed by atoms with Crippen molar-refractivity contribution < 1.29 is 29.4 Å². The van der Waals surface area contributed by atoms with Crippen molar-refractivity contribution >= 4 is 22.8 Å². The highest BCUT2D eigenvalue weighted by molar-refractivity contribution is 5.78. The molecule has 1 aromatic heterocycles. The molecule has 1 fully saturated rings. The molecule has 2 heterocycles. The molecule has 3 atom stereocenters. The summed E-state index contributed by atoms with van der Waals surface area (Å²) in [7, 11) is 0. The van der Waals surface area contributed by atoms with Crippen LogP contribution in [0.4, 0.5) is 0 Å². The first-order chi connectivity index (χ1) is 23.0. The van der Waals surface area contributed by atoms with Crippen LogP contribution in [-0.4, -0.2) is 37.8 Å². The summed E-state index contributed by atoms with van der Waals surface area (Å²) in [6.45, 7) is 0.961. The number of para-hydroxylation sites is 2. The summed E-state index contributed by atoms with van der Waals surface area (Å²) in [5.41, 5.74) is 9.26. The number of hydrogen-bond donors (Lipinski definition) is 4. The lowest BCUT2D eigenvalue weighted by atomic mass is 9.98. The number of hydroxylamine groups is 1. The SMILES string of the molecule is O=C(CCCC(=O)NCc1cccc(-c2cccc([C@@H]3O[C@H](Cn4cnc5ccccc54)C[C@H](c4ccc(CO)cc4)O3)c2)c1)NO. The van der Waals surface area contributed by atoms with E-state index in [-0.39, 0.29) is 37.6 Å². The summed E-state index contributed by atoms with van der Waals surface area (Å²) in [5.74, 6) is -0.667. The van der Waals surface area contributed by atoms with Crippen molar-refractivity contribution in [3.63, 3.8) is 0 Å². The number of imidazole rings is 1. The number of benzene rings is 4. The molecule has 1 aliphatic rings. The molecular formula is C37H38N4O6. The van der Waals surface area contributed by atoms with Gasteiger partial charge >= 0.3 is 0 Å². The number of aliphatic hydroxyl groups is 1. The molecule has 2 amide bonds. The number of carbonyl (C=O) groups excluding carboxylic acids is 2. The van der Waals surface area contributed by atoms with Crippen molar-refractivity contribution in [3.05, 3.63) is 126 Å². The van der Waals surface area contributed by atoms with Gasteiger partial charge in [0.1, 0.15) is 0 Å². The molecule has 10 heteroatoms. The highest BCUT2D eigenvalue weighted by Crippen LogP contribution is 2.39. The van der Waals surface area contributed by atoms with Gasteiger partial charge in [-0.1, -0.05) is 72.8 Å². The number of hydrogen-bond acceptors (Lipinski definition) is 7. The predicted molar refractivity (Wildman–Crippen MR) is 176 cm³/mol. The smallest absolute Gasteiger partial charge is 0.243 e. The molecule has 5 aromatic rings. The van der Waals surface area contributed by atoms with Gasteiger partial charge < -0.3 is 24.5 Å². The first-order valence-corrected chi connectivity index (χ1v) is 15.8. The fourth-order valence-electron chi connectivity index (χ4n) is 5.89. The van der Waals surface area contributed by atoms with E-state index in [4.69, 9.17) is 14.7 Å². The summed E-state index contributed by atoms with van der Waals surface area (Å²) in [4.78, 5) is 28.0. The lowest BCUT2D eigenvalue weighted by molar-refractivity contribution is -0.252. The second kappa shape index (κ2) is 15.1. The summed E-state index contributed by atoms with van der Waals surface area (Å²) in [5, 5.41) is 21.1. The number of aromatic nitrogens is 2. The van der Waals surface area contributed by atoms with Crippen LogP contribution in [0.25, 0.3) is 22.2 Å². The minimum absolute atomic E-state index is 0.0141. The van der Waals surface area contributed by atoms with E-state index in [9.17, 15) is 14.7 Å². The van der Waals surface area contributed by atoms with Crippen LogP contribution in [0.5, 0.6) is 0 Å². The maximum atomic E-state index is 12.3. The Hall–Kier alpha value is -4.87. The van der Waals surface area contributed by atoms with Crippen LogP contribution in [0.15, 0.2) is 103 Å². The minimum Gasteiger partial charge on any atom is -0.392 e. The van der Waals surface area contributed by atoms with E-state index < -0.39 is 12.2 Å². The quantitative estimate of drug-likeness (QED) is 0.102. The molecular weight excluding hydrogens is 596 g/mol. The third-order valence-corrected chi connectivity index (χ3v) is 8.38. The van der Waals surface area contributed by atoms with E-state index in [0.29, 0.717) is 25.9 Å². The fourth-order valence-corrected chi connectivity index (χ4v) is 5.89. The van der Waals surface area contributed by atoms with Gasteiger partial charge in [0, 0.05) is 31.4 Å². The fraction of sp³-hybridized carbons (Fsp3) is 0.270. The lowest BCUT2D eigenvalue weighted by Crippen LogP contribution is -2.32. The van der Waals surface area contributed by atoms with Gasteiger partial charge in [-0.2, -0.15) is 0 Å². The number of fused-ring (bicyclic) bond motifs is 1. The highest BCUT2D eigenvalue weighted by atomic mass is 16.7. The predicted octanol–water partition coefficient (Wildman–Crippen LogP) is 5.73. The summed E-state index contributed by atoms with van der Waals surface area (Å²) in [6, 6.07) is 32.0. The molecule has 1 aliphatic heterocycles. The minimum atomic E-state index is -0.610. The molecule has 242 valence electrons. The maximum absolute atomic E-state index is 12.3. The van der Waals surface area contributed by atoms with E-state index in [1.165, 1.54) is 0 Å². The number of nitrogens with one attached hydrogen (secondary N) is 2. The van der Waals surface area contributed by atoms with Crippen LogP contribution in [0.3, 0.4) is 0 Å². The van der Waals surface area contributed by atoms with Crippen molar-refractivity contribution in [2.75, 3.05) is 0 Å². The van der Waals surface area contributed by atoms with Crippen LogP contribution in [0, 0.1) is 0 Å². The zero-order valence-electron chi connectivity index (χ0n) is 25.9. The van der Waals surface area contributed by atoms with Crippen LogP contribution in [0.1, 0.15) is 60.3 Å². The Morgan fingerprint density at radius 2 is 1.60 bits per heavy atom. The second-order valence-corrected chi connectivity index (χ2v) is 11.7. The van der Waals surface area contributed by atoms with E-state index in [1.807, 2.05) is 91.3 Å². The third kappa shape index (κ3) is 8.11. The normalized spacial score (nSPS) is 17.8. The van der Waals surface area contributed by atoms with E-state index in [0.717, 1.165) is 44.4 Å². The Labute approximate surface area is 272 Å². The molecule has 0 saturated carbocycles. The van der Waals surface area contributed by atoms with Gasteiger partial charge in [-0.05, 0) is 58.5 Å². The Bertz CT molecular complexity index is 1820. The van der Waals surface area contributed by atoms with E-state index in [2.05, 4.69) is 27.0 Å². The standard InChI is InChI=1S/C37H38N4O6/c42-23-25-14-16-27(17-15-25)34-20-31(22-41-24-39-32-10-1-2-11-33(32)41)46-37(47-34)30-9-4-8-29(19-30)28-7-3-6-26(18-28)21-38-35(43)12-5-13-36(44)40-45/h1-4,6-11,14-19,24,31,34,37,42,45H,5,12-13,20-23H2,(H,38,43)(H,40,44)/t31-,34+,37+/m0/s1. The molecule has 0 aliphatic carbocycles. The van der Waals surface area contributed by atoms with Gasteiger partial charge in [0.2, 0.25) is 11.8 Å². The maximum Gasteiger partial charge on any atom is 0.243 e. The zero-order chi connectivity index (χ0) is 32.6. The largest absolute Gasteiger partial charge is 0.392 e. The average Bonchev–Trinajstić information content (AvgIpc) is 3.53. The Kier molecular flexibility index (Phi) is 10.3. The summed E-state index contributed by atoms with van der Waals surface area (Å²) in [6.07, 6.45) is 2.17. The van der Waals surface area contributed by atoms with Gasteiger partial charge in [-0.15, -0.1) is 0 Å². The van der Waals surface area contributed by atoms with Crippen LogP contribution >= 0.6 is 0 Å². The number of amides is 2. The lowest BCUT2D eigenvalue weighted by Gasteiger charge is -2.36. The van der Waals surface area contributed by atoms with Gasteiger partial charge in [0.25, 0.3) is 0 Å². The topological polar surface area (TPSA) is 135 Å². The van der Waals surface area contributed by atoms with Crippen molar-refractivity contribution in [1.82, 2.24) is 20.3 Å². The van der Waals surface area contributed by atoms with Gasteiger partial charge in [-0.25, -0.2) is 10.5 Å². The summed E-state index contributed by atoms with van der Waals surface area (Å²) >= 11 is 0. The molecule has 0 unspecified atom stereocenters. The van der Waals surface area contributed by atoms with E-state index >= 15 is 0 Å². The molecule has 1 saturated heterocycles. The Morgan fingerprint density at radius 1 is 0.830 bits per heavy atom. The molecule has 0 bridgehead atoms. The second-order valence-electron chi connectivity index (χ2n) is 11.7. The molecule has 6 rings (SSSR count). The van der Waals surface area contributed by atoms with Gasteiger partial charge in [-0.3, -0.25) is 14.8 Å². The number of ether oxygens (including phenoxy) is 2. The monoisotopic (exact) mass is 634 g/mol. The third-order valence-electron chi connectivity index (χ3n) is 8.38. The van der Waals surface area contributed by atoms with Crippen LogP contribution in [-0.2, 0) is 38.8 Å². The Morgan fingerprint density at radius 3 is 2.40 bits per heavy atom. The van der Waals surface area contributed by atoms with Crippen molar-refractivity contribution in [2.24, 2.45) is 0 Å². The van der Waals surface area contributed by atoms with Crippen molar-refractivity contribution in [3.8, 4) is 11.1 Å². The molecule has 10 nitrogen and oxygen atoms in total. The number of rotatable bonds is 12.